The molecule has 1 aliphatic rings. The predicted molar refractivity (Wildman–Crippen MR) is 130 cm³/mol. The molecule has 1 aromatic carbocycles. The van der Waals surface area contributed by atoms with E-state index in [0.29, 0.717) is 16.1 Å². The minimum absolute atomic E-state index is 0.134. The summed E-state index contributed by atoms with van der Waals surface area (Å²) >= 11 is 1.36. The number of ketones is 1. The summed E-state index contributed by atoms with van der Waals surface area (Å²) in [5.74, 6) is -1.58. The van der Waals surface area contributed by atoms with E-state index in [1.807, 2.05) is 6.92 Å². The van der Waals surface area contributed by atoms with Crippen molar-refractivity contribution >= 4 is 28.1 Å². The molecule has 0 bridgehead atoms. The largest absolute Gasteiger partial charge is 0.504 e. The number of aliphatic hydroxyl groups excluding tert-OH is 1. The Balaban J connectivity index is 2.11. The molecule has 0 radical (unpaired) electrons. The molecule has 2 aromatic rings. The Morgan fingerprint density at radius 1 is 1.15 bits per heavy atom. The first kappa shape index (κ1) is 24.8. The molecule has 8 heteroatoms. The molecule has 0 amide bonds. The molecule has 2 N–H and O–H groups in total. The number of rotatable bonds is 7. The van der Waals surface area contributed by atoms with Crippen LogP contribution in [0.5, 0.6) is 0 Å². The number of nitrogens with zero attached hydrogens (tertiary/aromatic N) is 2. The van der Waals surface area contributed by atoms with Gasteiger partial charge in [0.05, 0.1) is 17.9 Å². The smallest absolute Gasteiger partial charge is 0.341 e. The quantitative estimate of drug-likeness (QED) is 0.102. The van der Waals surface area contributed by atoms with E-state index >= 15 is 0 Å². The van der Waals surface area contributed by atoms with Gasteiger partial charge in [-0.1, -0.05) is 36.2 Å². The number of hydrogen-bond donors (Lipinski definition) is 2. The molecule has 1 aromatic heterocycles. The summed E-state index contributed by atoms with van der Waals surface area (Å²) in [7, 11) is 0. The van der Waals surface area contributed by atoms with Crippen molar-refractivity contribution in [1.82, 2.24) is 0 Å². The second kappa shape index (κ2) is 11.3. The van der Waals surface area contributed by atoms with Gasteiger partial charge < -0.3 is 15.2 Å². The average Bonchev–Trinajstić information content (AvgIpc) is 3.00. The van der Waals surface area contributed by atoms with Gasteiger partial charge in [-0.3, -0.25) is 4.79 Å². The zero-order valence-electron chi connectivity index (χ0n) is 19.1. The Bertz CT molecular complexity index is 1220. The highest BCUT2D eigenvalue weighted by molar-refractivity contribution is 7.16. The summed E-state index contributed by atoms with van der Waals surface area (Å²) in [6.07, 6.45) is 5.70. The highest BCUT2D eigenvalue weighted by atomic mass is 32.1. The molecule has 174 valence electrons. The molecule has 3 rings (SSSR count). The van der Waals surface area contributed by atoms with Crippen molar-refractivity contribution in [2.24, 2.45) is 0 Å². The standard InChI is InChI=1S/C26H25N3O4S/c1-3-33-26(32)23-19-7-5-4-6-8-22(19)34-25(23)29-20(24(31)18(14-27)15-28)13-21(30)17-11-9-16(2)10-12-17/h9-13,29,31H,3-8H2,1-2H3/b20-13-. The summed E-state index contributed by atoms with van der Waals surface area (Å²) < 4.78 is 5.29. The fourth-order valence-electron chi connectivity index (χ4n) is 3.73. The lowest BCUT2D eigenvalue weighted by atomic mass is 10.0. The van der Waals surface area contributed by atoms with E-state index in [1.165, 1.54) is 11.3 Å². The van der Waals surface area contributed by atoms with Gasteiger partial charge in [0, 0.05) is 16.5 Å². The van der Waals surface area contributed by atoms with Crippen molar-refractivity contribution in [3.05, 3.63) is 74.5 Å². The highest BCUT2D eigenvalue weighted by Gasteiger charge is 2.27. The third kappa shape index (κ3) is 5.54. The van der Waals surface area contributed by atoms with Crippen molar-refractivity contribution in [1.29, 1.82) is 10.5 Å². The first-order valence-electron chi connectivity index (χ1n) is 11.0. The molecular weight excluding hydrogens is 450 g/mol. The van der Waals surface area contributed by atoms with E-state index in [0.717, 1.165) is 54.2 Å². The number of nitrogens with one attached hydrogen (secondary N) is 1. The molecule has 0 unspecified atom stereocenters. The number of ether oxygens (including phenoxy) is 1. The van der Waals surface area contributed by atoms with Gasteiger partial charge in [-0.2, -0.15) is 10.5 Å². The third-order valence-corrected chi connectivity index (χ3v) is 6.68. The maximum atomic E-state index is 12.9. The van der Waals surface area contributed by atoms with Crippen LogP contribution in [0.25, 0.3) is 0 Å². The van der Waals surface area contributed by atoms with Gasteiger partial charge in [0.1, 0.15) is 17.1 Å². The third-order valence-electron chi connectivity index (χ3n) is 5.48. The Morgan fingerprint density at radius 2 is 1.82 bits per heavy atom. The molecule has 0 spiro atoms. The minimum Gasteiger partial charge on any atom is -0.504 e. The van der Waals surface area contributed by atoms with Gasteiger partial charge in [-0.15, -0.1) is 11.3 Å². The summed E-state index contributed by atoms with van der Waals surface area (Å²) in [5.41, 5.74) is 1.97. The van der Waals surface area contributed by atoms with Crippen LogP contribution in [0.15, 0.2) is 47.4 Å². The SMILES string of the molecule is CCOC(=O)c1c(N/C(=C\C(=O)c2ccc(C)cc2)C(O)=C(C#N)C#N)sc2c1CCCCC2. The number of aliphatic hydroxyl groups is 1. The van der Waals surface area contributed by atoms with Crippen molar-refractivity contribution in [3.63, 3.8) is 0 Å². The number of esters is 1. The van der Waals surface area contributed by atoms with Crippen LogP contribution in [0.4, 0.5) is 5.00 Å². The Kier molecular flexibility index (Phi) is 8.24. The number of thiophene rings is 1. The van der Waals surface area contributed by atoms with Crippen LogP contribution in [-0.2, 0) is 17.6 Å². The van der Waals surface area contributed by atoms with Crippen LogP contribution in [0, 0.1) is 29.6 Å². The van der Waals surface area contributed by atoms with Crippen molar-refractivity contribution in [2.75, 3.05) is 11.9 Å². The summed E-state index contributed by atoms with van der Waals surface area (Å²) in [5, 5.41) is 32.6. The van der Waals surface area contributed by atoms with Crippen LogP contribution in [0.1, 0.15) is 62.9 Å². The van der Waals surface area contributed by atoms with Gasteiger partial charge in [0.2, 0.25) is 0 Å². The number of carbonyl (C=O) groups excluding carboxylic acids is 2. The number of benzene rings is 1. The second-order valence-corrected chi connectivity index (χ2v) is 8.95. The topological polar surface area (TPSA) is 123 Å². The number of fused-ring (bicyclic) bond motifs is 1. The molecular formula is C26H25N3O4S. The van der Waals surface area contributed by atoms with Gasteiger partial charge in [0.15, 0.2) is 17.1 Å². The van der Waals surface area contributed by atoms with Gasteiger partial charge in [-0.25, -0.2) is 4.79 Å². The van der Waals surface area contributed by atoms with Crippen LogP contribution < -0.4 is 5.32 Å². The maximum absolute atomic E-state index is 12.9. The van der Waals surface area contributed by atoms with Crippen LogP contribution in [-0.4, -0.2) is 23.5 Å². The lowest BCUT2D eigenvalue weighted by molar-refractivity contribution is 0.0526. The summed E-state index contributed by atoms with van der Waals surface area (Å²) in [6.45, 7) is 3.83. The maximum Gasteiger partial charge on any atom is 0.341 e. The fraction of sp³-hybridized carbons (Fsp3) is 0.308. The number of hydrogen-bond acceptors (Lipinski definition) is 8. The van der Waals surface area contributed by atoms with Crippen LogP contribution in [0.2, 0.25) is 0 Å². The van der Waals surface area contributed by atoms with E-state index < -0.39 is 23.1 Å². The number of nitriles is 2. The molecule has 0 aliphatic heterocycles. The lowest BCUT2D eigenvalue weighted by Gasteiger charge is -2.12. The Morgan fingerprint density at radius 3 is 2.47 bits per heavy atom. The molecule has 0 saturated carbocycles. The van der Waals surface area contributed by atoms with Crippen molar-refractivity contribution in [3.8, 4) is 12.1 Å². The van der Waals surface area contributed by atoms with Gasteiger partial charge in [-0.05, 0) is 45.1 Å². The minimum atomic E-state index is -0.663. The van der Waals surface area contributed by atoms with E-state index in [-0.39, 0.29) is 12.3 Å². The number of carbonyl (C=O) groups is 2. The molecule has 1 heterocycles. The molecule has 1 aliphatic carbocycles. The van der Waals surface area contributed by atoms with Gasteiger partial charge in [0.25, 0.3) is 0 Å². The summed E-state index contributed by atoms with van der Waals surface area (Å²) in [6, 6.07) is 10.2. The average molecular weight is 476 g/mol. The van der Waals surface area contributed by atoms with Crippen LogP contribution >= 0.6 is 11.3 Å². The zero-order valence-corrected chi connectivity index (χ0v) is 19.9. The zero-order chi connectivity index (χ0) is 24.7. The van der Waals surface area contributed by atoms with Gasteiger partial charge >= 0.3 is 5.97 Å². The Hall–Kier alpha value is -3.88. The summed E-state index contributed by atoms with van der Waals surface area (Å²) in [4.78, 5) is 26.8. The first-order chi connectivity index (χ1) is 16.4. The number of anilines is 1. The molecule has 0 fully saturated rings. The van der Waals surface area contributed by atoms with Crippen molar-refractivity contribution in [2.45, 2.75) is 46.0 Å². The lowest BCUT2D eigenvalue weighted by Crippen LogP contribution is -2.12. The molecule has 0 saturated heterocycles. The molecule has 0 atom stereocenters. The molecule has 34 heavy (non-hydrogen) atoms. The predicted octanol–water partition coefficient (Wildman–Crippen LogP) is 5.54. The fourth-order valence-corrected chi connectivity index (χ4v) is 5.02. The highest BCUT2D eigenvalue weighted by Crippen LogP contribution is 2.39. The van der Waals surface area contributed by atoms with E-state index in [4.69, 9.17) is 4.74 Å². The number of allylic oxidation sites excluding steroid dienone is 2. The normalized spacial score (nSPS) is 13.0. The Labute approximate surface area is 202 Å². The first-order valence-corrected chi connectivity index (χ1v) is 11.9. The van der Waals surface area contributed by atoms with E-state index in [1.54, 1.807) is 43.3 Å². The number of aryl methyl sites for hydroxylation is 2. The van der Waals surface area contributed by atoms with E-state index in [9.17, 15) is 25.2 Å². The molecule has 7 nitrogen and oxygen atoms in total. The van der Waals surface area contributed by atoms with Crippen LogP contribution in [0.3, 0.4) is 0 Å². The van der Waals surface area contributed by atoms with Crippen molar-refractivity contribution < 1.29 is 19.4 Å². The monoisotopic (exact) mass is 475 g/mol. The van der Waals surface area contributed by atoms with E-state index in [2.05, 4.69) is 5.32 Å². The second-order valence-electron chi connectivity index (χ2n) is 7.85.